The van der Waals surface area contributed by atoms with Crippen LogP contribution in [0.4, 0.5) is 11.5 Å². The lowest BCUT2D eigenvalue weighted by molar-refractivity contribution is -0.385. The van der Waals surface area contributed by atoms with Crippen molar-refractivity contribution in [3.8, 4) is 0 Å². The molecule has 8 heteroatoms. The molecular formula is C9H13ClN4O3. The number of nitrogens with one attached hydrogen (secondary N) is 1. The van der Waals surface area contributed by atoms with Gasteiger partial charge in [0.2, 0.25) is 11.1 Å². The number of aromatic nitrogens is 2. The van der Waals surface area contributed by atoms with Crippen LogP contribution in [-0.2, 0) is 0 Å². The normalized spacial score (nSPS) is 12.2. The van der Waals surface area contributed by atoms with Gasteiger partial charge in [-0.1, -0.05) is 6.92 Å². The zero-order valence-electron chi connectivity index (χ0n) is 9.47. The average molecular weight is 261 g/mol. The summed E-state index contributed by atoms with van der Waals surface area (Å²) in [6, 6.07) is 0. The summed E-state index contributed by atoms with van der Waals surface area (Å²) < 4.78 is 0. The van der Waals surface area contributed by atoms with E-state index in [-0.39, 0.29) is 29.0 Å². The summed E-state index contributed by atoms with van der Waals surface area (Å²) in [6.07, 6.45) is -0.0536. The minimum Gasteiger partial charge on any atom is -0.391 e. The minimum absolute atomic E-state index is 0.0278. The van der Waals surface area contributed by atoms with Crippen LogP contribution in [0.15, 0.2) is 0 Å². The van der Waals surface area contributed by atoms with Gasteiger partial charge in [-0.3, -0.25) is 10.1 Å². The molecule has 1 rings (SSSR count). The molecule has 1 atom stereocenters. The number of nitrogens with zero attached hydrogens (tertiary/aromatic N) is 3. The Bertz CT molecular complexity index is 427. The highest BCUT2D eigenvalue weighted by atomic mass is 35.5. The van der Waals surface area contributed by atoms with E-state index >= 15 is 0 Å². The first-order valence-corrected chi connectivity index (χ1v) is 5.44. The Morgan fingerprint density at radius 1 is 1.59 bits per heavy atom. The molecule has 0 aliphatic carbocycles. The van der Waals surface area contributed by atoms with E-state index < -0.39 is 11.0 Å². The van der Waals surface area contributed by atoms with Crippen LogP contribution < -0.4 is 5.32 Å². The third-order valence-corrected chi connectivity index (χ3v) is 2.36. The zero-order valence-corrected chi connectivity index (χ0v) is 10.2. The highest BCUT2D eigenvalue weighted by Gasteiger charge is 2.21. The van der Waals surface area contributed by atoms with E-state index in [1.54, 1.807) is 6.92 Å². The Morgan fingerprint density at radius 3 is 2.76 bits per heavy atom. The molecule has 0 bridgehead atoms. The predicted octanol–water partition coefficient (Wildman–Crippen LogP) is 1.53. The SMILES string of the molecule is CCC(O)CNc1nc(Cl)nc(C)c1[N+](=O)[O-]. The first-order valence-electron chi connectivity index (χ1n) is 5.06. The zero-order chi connectivity index (χ0) is 13.0. The Morgan fingerprint density at radius 2 is 2.24 bits per heavy atom. The van der Waals surface area contributed by atoms with Gasteiger partial charge in [-0.15, -0.1) is 0 Å². The molecule has 0 spiro atoms. The number of anilines is 1. The second-order valence-corrected chi connectivity index (χ2v) is 3.81. The van der Waals surface area contributed by atoms with Crippen LogP contribution in [0.25, 0.3) is 0 Å². The molecule has 0 aliphatic rings. The Kier molecular flexibility index (Phi) is 4.59. The molecule has 7 nitrogen and oxygen atoms in total. The molecule has 0 saturated heterocycles. The summed E-state index contributed by atoms with van der Waals surface area (Å²) in [7, 11) is 0. The minimum atomic E-state index is -0.594. The molecule has 1 unspecified atom stereocenters. The van der Waals surface area contributed by atoms with Crippen molar-refractivity contribution in [3.63, 3.8) is 0 Å². The number of halogens is 1. The maximum absolute atomic E-state index is 10.8. The molecular weight excluding hydrogens is 248 g/mol. The summed E-state index contributed by atoms with van der Waals surface area (Å²) in [5, 5.41) is 22.9. The molecule has 1 heterocycles. The number of hydrogen-bond acceptors (Lipinski definition) is 6. The second-order valence-electron chi connectivity index (χ2n) is 3.48. The van der Waals surface area contributed by atoms with Crippen LogP contribution >= 0.6 is 11.6 Å². The van der Waals surface area contributed by atoms with E-state index in [4.69, 9.17) is 11.6 Å². The maximum atomic E-state index is 10.8. The third-order valence-electron chi connectivity index (χ3n) is 2.19. The number of nitro groups is 1. The molecule has 94 valence electrons. The Labute approximate surface area is 103 Å². The first kappa shape index (κ1) is 13.6. The van der Waals surface area contributed by atoms with Gasteiger partial charge in [-0.05, 0) is 24.9 Å². The van der Waals surface area contributed by atoms with Gasteiger partial charge in [-0.25, -0.2) is 4.98 Å². The van der Waals surface area contributed by atoms with E-state index in [0.29, 0.717) is 6.42 Å². The van der Waals surface area contributed by atoms with Crippen molar-refractivity contribution in [1.29, 1.82) is 0 Å². The quantitative estimate of drug-likeness (QED) is 0.473. The van der Waals surface area contributed by atoms with E-state index in [1.807, 2.05) is 0 Å². The standard InChI is InChI=1S/C9H13ClN4O3/c1-3-6(15)4-11-8-7(14(16)17)5(2)12-9(10)13-8/h6,15H,3-4H2,1-2H3,(H,11,12,13). The second kappa shape index (κ2) is 5.74. The Hall–Kier alpha value is -1.47. The van der Waals surface area contributed by atoms with Crippen molar-refractivity contribution < 1.29 is 10.0 Å². The molecule has 0 aliphatic heterocycles. The largest absolute Gasteiger partial charge is 0.391 e. The summed E-state index contributed by atoms with van der Waals surface area (Å²) in [5.74, 6) is 0.0278. The fourth-order valence-corrected chi connectivity index (χ4v) is 1.44. The van der Waals surface area contributed by atoms with Gasteiger partial charge in [0.15, 0.2) is 0 Å². The summed E-state index contributed by atoms with van der Waals surface area (Å²) in [5.41, 5.74) is -0.0406. The van der Waals surface area contributed by atoms with Gasteiger partial charge in [0.25, 0.3) is 0 Å². The van der Waals surface area contributed by atoms with Crippen LogP contribution in [0.3, 0.4) is 0 Å². The van der Waals surface area contributed by atoms with Crippen LogP contribution in [0.2, 0.25) is 5.28 Å². The van der Waals surface area contributed by atoms with Gasteiger partial charge in [0.05, 0.1) is 11.0 Å². The number of aliphatic hydroxyl groups excluding tert-OH is 1. The van der Waals surface area contributed by atoms with Crippen LogP contribution in [0.1, 0.15) is 19.0 Å². The maximum Gasteiger partial charge on any atom is 0.332 e. The van der Waals surface area contributed by atoms with E-state index in [2.05, 4.69) is 15.3 Å². The van der Waals surface area contributed by atoms with Crippen LogP contribution in [-0.4, -0.2) is 32.6 Å². The van der Waals surface area contributed by atoms with Gasteiger partial charge in [-0.2, -0.15) is 4.98 Å². The lowest BCUT2D eigenvalue weighted by Gasteiger charge is -2.10. The van der Waals surface area contributed by atoms with E-state index in [0.717, 1.165) is 0 Å². The fraction of sp³-hybridized carbons (Fsp3) is 0.556. The lowest BCUT2D eigenvalue weighted by atomic mass is 10.2. The van der Waals surface area contributed by atoms with E-state index in [9.17, 15) is 15.2 Å². The first-order chi connectivity index (χ1) is 7.95. The third kappa shape index (κ3) is 3.50. The molecule has 17 heavy (non-hydrogen) atoms. The number of hydrogen-bond donors (Lipinski definition) is 2. The molecule has 0 aromatic carbocycles. The molecule has 1 aromatic heterocycles. The molecule has 2 N–H and O–H groups in total. The topological polar surface area (TPSA) is 101 Å². The number of aryl methyl sites for hydroxylation is 1. The molecule has 0 saturated carbocycles. The van der Waals surface area contributed by atoms with Gasteiger partial charge < -0.3 is 10.4 Å². The lowest BCUT2D eigenvalue weighted by Crippen LogP contribution is -2.20. The number of rotatable bonds is 5. The summed E-state index contributed by atoms with van der Waals surface area (Å²) in [4.78, 5) is 17.7. The Balaban J connectivity index is 3.00. The average Bonchev–Trinajstić information content (AvgIpc) is 2.24. The van der Waals surface area contributed by atoms with Crippen LogP contribution in [0.5, 0.6) is 0 Å². The summed E-state index contributed by atoms with van der Waals surface area (Å²) in [6.45, 7) is 3.45. The van der Waals surface area contributed by atoms with Crippen molar-refractivity contribution >= 4 is 23.1 Å². The molecule has 0 amide bonds. The smallest absolute Gasteiger partial charge is 0.332 e. The molecule has 1 aromatic rings. The van der Waals surface area contributed by atoms with Crippen molar-refractivity contribution in [2.75, 3.05) is 11.9 Å². The fourth-order valence-electron chi connectivity index (χ4n) is 1.23. The number of aliphatic hydroxyl groups is 1. The van der Waals surface area contributed by atoms with Gasteiger partial charge >= 0.3 is 5.69 Å². The van der Waals surface area contributed by atoms with E-state index in [1.165, 1.54) is 6.92 Å². The van der Waals surface area contributed by atoms with Crippen molar-refractivity contribution in [3.05, 3.63) is 21.1 Å². The van der Waals surface area contributed by atoms with Gasteiger partial charge in [0, 0.05) is 6.54 Å². The molecule has 0 radical (unpaired) electrons. The highest BCUT2D eigenvalue weighted by molar-refractivity contribution is 6.28. The van der Waals surface area contributed by atoms with Crippen molar-refractivity contribution in [1.82, 2.24) is 9.97 Å². The van der Waals surface area contributed by atoms with Crippen LogP contribution in [0, 0.1) is 17.0 Å². The monoisotopic (exact) mass is 260 g/mol. The molecule has 0 fully saturated rings. The van der Waals surface area contributed by atoms with Crippen molar-refractivity contribution in [2.24, 2.45) is 0 Å². The highest BCUT2D eigenvalue weighted by Crippen LogP contribution is 2.26. The van der Waals surface area contributed by atoms with Crippen molar-refractivity contribution in [2.45, 2.75) is 26.4 Å². The van der Waals surface area contributed by atoms with Gasteiger partial charge in [0.1, 0.15) is 5.69 Å². The predicted molar refractivity (Wildman–Crippen MR) is 63.2 cm³/mol. The summed E-state index contributed by atoms with van der Waals surface area (Å²) >= 11 is 5.63.